The molecule has 0 bridgehead atoms. The molecular weight excluding hydrogens is 299 g/mol. The molecule has 3 rings (SSSR count). The Morgan fingerprint density at radius 1 is 1.48 bits per heavy atom. The molecule has 23 heavy (non-hydrogen) atoms. The molecule has 1 fully saturated rings. The van der Waals surface area contributed by atoms with E-state index in [1.54, 1.807) is 6.07 Å². The molecule has 1 unspecified atom stereocenters. The molecule has 122 valence electrons. The van der Waals surface area contributed by atoms with Gasteiger partial charge in [-0.05, 0) is 37.6 Å². The molecule has 2 N–H and O–H groups in total. The zero-order chi connectivity index (χ0) is 16.2. The fourth-order valence-electron chi connectivity index (χ4n) is 2.68. The van der Waals surface area contributed by atoms with Gasteiger partial charge in [0, 0.05) is 18.8 Å². The Labute approximate surface area is 133 Å². The summed E-state index contributed by atoms with van der Waals surface area (Å²) in [7, 11) is 1.43. The van der Waals surface area contributed by atoms with Crippen molar-refractivity contribution in [1.29, 1.82) is 0 Å². The molecule has 1 saturated heterocycles. The molecule has 2 heterocycles. The van der Waals surface area contributed by atoms with Gasteiger partial charge >= 0.3 is 0 Å². The van der Waals surface area contributed by atoms with Crippen LogP contribution in [0.1, 0.15) is 29.4 Å². The van der Waals surface area contributed by atoms with Gasteiger partial charge in [0.25, 0.3) is 5.91 Å². The SMILES string of the molecule is COc1cc(F)ccc1NC(=O)c1ccn(C2CCCNC2)n1. The van der Waals surface area contributed by atoms with E-state index >= 15 is 0 Å². The average Bonchev–Trinajstić information content (AvgIpc) is 3.07. The average molecular weight is 318 g/mol. The van der Waals surface area contributed by atoms with Crippen LogP contribution in [-0.4, -0.2) is 35.9 Å². The minimum atomic E-state index is -0.422. The number of halogens is 1. The van der Waals surface area contributed by atoms with Gasteiger partial charge in [-0.15, -0.1) is 0 Å². The van der Waals surface area contributed by atoms with Gasteiger partial charge in [-0.25, -0.2) is 4.39 Å². The predicted octanol–water partition coefficient (Wildman–Crippen LogP) is 2.21. The number of ether oxygens (including phenoxy) is 1. The molecule has 0 saturated carbocycles. The molecular formula is C16H19FN4O2. The van der Waals surface area contributed by atoms with Gasteiger partial charge in [0.15, 0.2) is 5.69 Å². The monoisotopic (exact) mass is 318 g/mol. The Morgan fingerprint density at radius 2 is 2.35 bits per heavy atom. The summed E-state index contributed by atoms with van der Waals surface area (Å²) in [5.74, 6) is -0.499. The fourth-order valence-corrected chi connectivity index (χ4v) is 2.68. The molecule has 0 radical (unpaired) electrons. The molecule has 1 aromatic heterocycles. The van der Waals surface area contributed by atoms with E-state index in [2.05, 4.69) is 15.7 Å². The van der Waals surface area contributed by atoms with Crippen LogP contribution in [0.2, 0.25) is 0 Å². The number of carbonyl (C=O) groups excluding carboxylic acids is 1. The van der Waals surface area contributed by atoms with Crippen molar-refractivity contribution in [2.24, 2.45) is 0 Å². The van der Waals surface area contributed by atoms with E-state index in [-0.39, 0.29) is 17.7 Å². The Kier molecular flexibility index (Phi) is 4.57. The maximum Gasteiger partial charge on any atom is 0.276 e. The lowest BCUT2D eigenvalue weighted by Gasteiger charge is -2.22. The summed E-state index contributed by atoms with van der Waals surface area (Å²) in [5, 5.41) is 10.4. The Morgan fingerprint density at radius 3 is 3.09 bits per heavy atom. The summed E-state index contributed by atoms with van der Waals surface area (Å²) in [4.78, 5) is 12.3. The van der Waals surface area contributed by atoms with Gasteiger partial charge in [-0.2, -0.15) is 5.10 Å². The molecule has 6 nitrogen and oxygen atoms in total. The third-order valence-electron chi connectivity index (χ3n) is 3.90. The predicted molar refractivity (Wildman–Crippen MR) is 84.3 cm³/mol. The standard InChI is InChI=1S/C16H19FN4O2/c1-23-15-9-11(17)4-5-13(15)19-16(22)14-6-8-21(20-14)12-3-2-7-18-10-12/h4-6,8-9,12,18H,2-3,7,10H2,1H3,(H,19,22). The third kappa shape index (κ3) is 3.50. The van der Waals surface area contributed by atoms with Crippen LogP contribution in [0.4, 0.5) is 10.1 Å². The quantitative estimate of drug-likeness (QED) is 0.907. The number of methoxy groups -OCH3 is 1. The largest absolute Gasteiger partial charge is 0.494 e. The van der Waals surface area contributed by atoms with Gasteiger partial charge in [0.2, 0.25) is 0 Å². The van der Waals surface area contributed by atoms with Crippen LogP contribution >= 0.6 is 0 Å². The van der Waals surface area contributed by atoms with Crippen LogP contribution in [0.15, 0.2) is 30.5 Å². The number of nitrogens with one attached hydrogen (secondary N) is 2. The number of hydrogen-bond donors (Lipinski definition) is 2. The highest BCUT2D eigenvalue weighted by Gasteiger charge is 2.18. The van der Waals surface area contributed by atoms with Crippen molar-refractivity contribution in [3.8, 4) is 5.75 Å². The van der Waals surface area contributed by atoms with Gasteiger partial charge in [0.05, 0.1) is 18.8 Å². The highest BCUT2D eigenvalue weighted by atomic mass is 19.1. The smallest absolute Gasteiger partial charge is 0.276 e. The second kappa shape index (κ2) is 6.78. The normalized spacial score (nSPS) is 17.7. The van der Waals surface area contributed by atoms with Crippen molar-refractivity contribution in [2.75, 3.05) is 25.5 Å². The summed E-state index contributed by atoms with van der Waals surface area (Å²) in [6, 6.07) is 5.91. The van der Waals surface area contributed by atoms with Gasteiger partial charge in [-0.1, -0.05) is 0 Å². The first kappa shape index (κ1) is 15.5. The number of piperidine rings is 1. The van der Waals surface area contributed by atoms with Gasteiger partial charge in [0.1, 0.15) is 11.6 Å². The molecule has 7 heteroatoms. The number of aromatic nitrogens is 2. The van der Waals surface area contributed by atoms with Crippen molar-refractivity contribution < 1.29 is 13.9 Å². The molecule has 1 aliphatic heterocycles. The van der Waals surface area contributed by atoms with Crippen LogP contribution in [0.3, 0.4) is 0 Å². The van der Waals surface area contributed by atoms with Gasteiger partial charge in [-0.3, -0.25) is 9.48 Å². The first-order valence-corrected chi connectivity index (χ1v) is 7.58. The molecule has 1 amide bonds. The van der Waals surface area contributed by atoms with Crippen LogP contribution in [-0.2, 0) is 0 Å². The number of nitrogens with zero attached hydrogens (tertiary/aromatic N) is 2. The zero-order valence-electron chi connectivity index (χ0n) is 12.9. The van der Waals surface area contributed by atoms with Crippen molar-refractivity contribution >= 4 is 11.6 Å². The van der Waals surface area contributed by atoms with Crippen LogP contribution in [0.5, 0.6) is 5.75 Å². The second-order valence-electron chi connectivity index (χ2n) is 5.48. The Hall–Kier alpha value is -2.41. The minimum Gasteiger partial charge on any atom is -0.494 e. The number of benzene rings is 1. The highest BCUT2D eigenvalue weighted by Crippen LogP contribution is 2.25. The first-order valence-electron chi connectivity index (χ1n) is 7.58. The summed E-state index contributed by atoms with van der Waals surface area (Å²) < 4.78 is 20.1. The Balaban J connectivity index is 1.72. The van der Waals surface area contributed by atoms with Crippen molar-refractivity contribution in [3.63, 3.8) is 0 Å². The summed E-state index contributed by atoms with van der Waals surface area (Å²) >= 11 is 0. The highest BCUT2D eigenvalue weighted by molar-refractivity contribution is 6.03. The lowest BCUT2D eigenvalue weighted by molar-refractivity contribution is 0.102. The van der Waals surface area contributed by atoms with Crippen LogP contribution in [0, 0.1) is 5.82 Å². The molecule has 2 aromatic rings. The number of anilines is 1. The third-order valence-corrected chi connectivity index (χ3v) is 3.90. The lowest BCUT2D eigenvalue weighted by atomic mass is 10.1. The molecule has 1 atom stereocenters. The number of hydrogen-bond acceptors (Lipinski definition) is 4. The molecule has 0 spiro atoms. The van der Waals surface area contributed by atoms with Crippen molar-refractivity contribution in [3.05, 3.63) is 42.0 Å². The number of carbonyl (C=O) groups is 1. The summed E-state index contributed by atoms with van der Waals surface area (Å²) in [6.45, 7) is 1.88. The number of amides is 1. The second-order valence-corrected chi connectivity index (χ2v) is 5.48. The maximum atomic E-state index is 13.2. The van der Waals surface area contributed by atoms with E-state index in [9.17, 15) is 9.18 Å². The maximum absolute atomic E-state index is 13.2. The van der Waals surface area contributed by atoms with E-state index < -0.39 is 5.82 Å². The van der Waals surface area contributed by atoms with Crippen LogP contribution in [0.25, 0.3) is 0 Å². The topological polar surface area (TPSA) is 68.2 Å². The van der Waals surface area contributed by atoms with Crippen LogP contribution < -0.4 is 15.4 Å². The fraction of sp³-hybridized carbons (Fsp3) is 0.375. The summed E-state index contributed by atoms with van der Waals surface area (Å²) in [5.41, 5.74) is 0.731. The van der Waals surface area contributed by atoms with E-state index in [1.165, 1.54) is 25.3 Å². The van der Waals surface area contributed by atoms with E-state index in [1.807, 2.05) is 10.9 Å². The number of rotatable bonds is 4. The van der Waals surface area contributed by atoms with E-state index in [4.69, 9.17) is 4.74 Å². The molecule has 1 aliphatic rings. The summed E-state index contributed by atoms with van der Waals surface area (Å²) in [6.07, 6.45) is 3.95. The van der Waals surface area contributed by atoms with E-state index in [0.29, 0.717) is 11.4 Å². The molecule has 1 aromatic carbocycles. The van der Waals surface area contributed by atoms with Gasteiger partial charge < -0.3 is 15.4 Å². The zero-order valence-corrected chi connectivity index (χ0v) is 12.9. The minimum absolute atomic E-state index is 0.269. The lowest BCUT2D eigenvalue weighted by Crippen LogP contribution is -2.32. The van der Waals surface area contributed by atoms with Crippen molar-refractivity contribution in [2.45, 2.75) is 18.9 Å². The van der Waals surface area contributed by atoms with E-state index in [0.717, 1.165) is 25.9 Å². The molecule has 0 aliphatic carbocycles. The van der Waals surface area contributed by atoms with Crippen molar-refractivity contribution in [1.82, 2.24) is 15.1 Å². The first-order chi connectivity index (χ1) is 11.2. The Bertz CT molecular complexity index is 695.